The Labute approximate surface area is 90.7 Å². The lowest BCUT2D eigenvalue weighted by molar-refractivity contribution is 0.395. The summed E-state index contributed by atoms with van der Waals surface area (Å²) in [6, 6.07) is 2.28. The zero-order valence-electron chi connectivity index (χ0n) is 9.83. The van der Waals surface area contributed by atoms with E-state index in [2.05, 4.69) is 11.2 Å². The molecule has 0 radical (unpaired) electrons. The van der Waals surface area contributed by atoms with Gasteiger partial charge in [-0.3, -0.25) is 4.68 Å². The van der Waals surface area contributed by atoms with Crippen LogP contribution in [0.4, 0.5) is 5.69 Å². The molecule has 0 aliphatic carbocycles. The number of nitrogens with two attached hydrogens (primary N) is 1. The van der Waals surface area contributed by atoms with E-state index in [9.17, 15) is 0 Å². The Hall–Kier alpha value is -1.50. The van der Waals surface area contributed by atoms with Gasteiger partial charge in [0.25, 0.3) is 0 Å². The topological polar surface area (TPSA) is 67.6 Å². The summed E-state index contributed by atoms with van der Waals surface area (Å²) in [7, 11) is 0. The lowest BCUT2D eigenvalue weighted by Gasteiger charge is -2.15. The van der Waals surface area contributed by atoms with Gasteiger partial charge in [-0.05, 0) is 34.1 Å². The van der Waals surface area contributed by atoms with Crippen LogP contribution in [0.5, 0.6) is 0 Å². The van der Waals surface area contributed by atoms with E-state index in [1.807, 2.05) is 32.4 Å². The molecule has 4 nitrogen and oxygen atoms in total. The predicted octanol–water partition coefficient (Wildman–Crippen LogP) is 2.02. The number of anilines is 1. The fourth-order valence-corrected chi connectivity index (χ4v) is 1.37. The van der Waals surface area contributed by atoms with Gasteiger partial charge in [-0.2, -0.15) is 10.4 Å². The van der Waals surface area contributed by atoms with Crippen molar-refractivity contribution in [3.8, 4) is 6.07 Å². The summed E-state index contributed by atoms with van der Waals surface area (Å²) in [6.45, 7) is 8.46. The molecule has 0 aliphatic heterocycles. The molecular formula is C11H18N4. The molecule has 0 unspecified atom stereocenters. The maximum Gasteiger partial charge on any atom is 0.0825 e. The molecule has 4 heteroatoms. The van der Waals surface area contributed by atoms with Gasteiger partial charge < -0.3 is 5.73 Å². The number of hydrogen-bond donors (Lipinski definition) is 1. The highest BCUT2D eigenvalue weighted by Crippen LogP contribution is 2.21. The summed E-state index contributed by atoms with van der Waals surface area (Å²) in [5, 5.41) is 13.2. The SMILES string of the molecule is Cc1nn(CCC(C)(C)C#N)c(C)c1N. The second-order valence-electron chi connectivity index (χ2n) is 4.55. The smallest absolute Gasteiger partial charge is 0.0825 e. The molecule has 0 bridgehead atoms. The van der Waals surface area contributed by atoms with Crippen LogP contribution in [0.25, 0.3) is 0 Å². The van der Waals surface area contributed by atoms with Crippen LogP contribution >= 0.6 is 0 Å². The number of hydrogen-bond acceptors (Lipinski definition) is 3. The van der Waals surface area contributed by atoms with E-state index in [0.29, 0.717) is 0 Å². The average Bonchev–Trinajstić information content (AvgIpc) is 2.43. The van der Waals surface area contributed by atoms with Crippen molar-refractivity contribution in [2.45, 2.75) is 40.7 Å². The van der Waals surface area contributed by atoms with Crippen molar-refractivity contribution >= 4 is 5.69 Å². The van der Waals surface area contributed by atoms with Crippen LogP contribution in [0, 0.1) is 30.6 Å². The first kappa shape index (κ1) is 11.6. The van der Waals surface area contributed by atoms with Gasteiger partial charge in [-0.15, -0.1) is 0 Å². The van der Waals surface area contributed by atoms with Crippen molar-refractivity contribution in [2.75, 3.05) is 5.73 Å². The van der Waals surface area contributed by atoms with Crippen LogP contribution in [0.2, 0.25) is 0 Å². The van der Waals surface area contributed by atoms with E-state index < -0.39 is 0 Å². The van der Waals surface area contributed by atoms with Crippen LogP contribution < -0.4 is 5.73 Å². The quantitative estimate of drug-likeness (QED) is 0.822. The fraction of sp³-hybridized carbons (Fsp3) is 0.636. The molecule has 0 aromatic carbocycles. The standard InChI is InChI=1S/C11H18N4/c1-8-10(13)9(2)15(14-8)6-5-11(3,4)7-12/h5-6,13H2,1-4H3. The summed E-state index contributed by atoms with van der Waals surface area (Å²) in [4.78, 5) is 0. The predicted molar refractivity (Wildman–Crippen MR) is 60.1 cm³/mol. The number of aryl methyl sites for hydroxylation is 2. The molecule has 1 aromatic rings. The second-order valence-corrected chi connectivity index (χ2v) is 4.55. The van der Waals surface area contributed by atoms with Crippen LogP contribution in [0.15, 0.2) is 0 Å². The molecule has 0 spiro atoms. The molecule has 1 heterocycles. The van der Waals surface area contributed by atoms with Crippen molar-refractivity contribution in [1.82, 2.24) is 9.78 Å². The molecule has 1 rings (SSSR count). The summed E-state index contributed by atoms with van der Waals surface area (Å²) in [6.07, 6.45) is 0.783. The Morgan fingerprint density at radius 2 is 2.07 bits per heavy atom. The minimum atomic E-state index is -0.305. The maximum atomic E-state index is 8.90. The Kier molecular flexibility index (Phi) is 3.04. The van der Waals surface area contributed by atoms with Crippen LogP contribution in [0.1, 0.15) is 31.7 Å². The molecule has 0 fully saturated rings. The zero-order valence-corrected chi connectivity index (χ0v) is 9.83. The monoisotopic (exact) mass is 206 g/mol. The molecule has 0 aliphatic rings. The minimum absolute atomic E-state index is 0.305. The average molecular weight is 206 g/mol. The third kappa shape index (κ3) is 2.50. The highest BCUT2D eigenvalue weighted by molar-refractivity contribution is 5.46. The van der Waals surface area contributed by atoms with E-state index in [4.69, 9.17) is 11.0 Å². The first-order chi connectivity index (χ1) is 6.87. The van der Waals surface area contributed by atoms with Gasteiger partial charge in [-0.25, -0.2) is 0 Å². The maximum absolute atomic E-state index is 8.90. The molecular weight excluding hydrogens is 188 g/mol. The Bertz CT molecular complexity index is 395. The zero-order chi connectivity index (χ0) is 11.6. The van der Waals surface area contributed by atoms with Crippen LogP contribution in [-0.4, -0.2) is 9.78 Å². The molecule has 0 saturated heterocycles. The minimum Gasteiger partial charge on any atom is -0.396 e. The Morgan fingerprint density at radius 1 is 1.47 bits per heavy atom. The number of nitriles is 1. The second kappa shape index (κ2) is 3.93. The van der Waals surface area contributed by atoms with Gasteiger partial charge in [0.15, 0.2) is 0 Å². The molecule has 0 atom stereocenters. The van der Waals surface area contributed by atoms with Crippen molar-refractivity contribution < 1.29 is 0 Å². The van der Waals surface area contributed by atoms with E-state index in [-0.39, 0.29) is 5.41 Å². The Morgan fingerprint density at radius 3 is 2.47 bits per heavy atom. The highest BCUT2D eigenvalue weighted by atomic mass is 15.3. The van der Waals surface area contributed by atoms with Crippen molar-refractivity contribution in [3.05, 3.63) is 11.4 Å². The van der Waals surface area contributed by atoms with Gasteiger partial charge in [0, 0.05) is 6.54 Å². The molecule has 82 valence electrons. The third-order valence-corrected chi connectivity index (χ3v) is 2.69. The van der Waals surface area contributed by atoms with E-state index in [0.717, 1.165) is 30.0 Å². The number of aromatic nitrogens is 2. The molecule has 0 saturated carbocycles. The number of nitrogen functional groups attached to an aromatic ring is 1. The van der Waals surface area contributed by atoms with E-state index in [1.54, 1.807) is 0 Å². The fourth-order valence-electron chi connectivity index (χ4n) is 1.37. The highest BCUT2D eigenvalue weighted by Gasteiger charge is 2.17. The van der Waals surface area contributed by atoms with Crippen molar-refractivity contribution in [1.29, 1.82) is 5.26 Å². The van der Waals surface area contributed by atoms with Crippen LogP contribution in [0.3, 0.4) is 0 Å². The molecule has 2 N–H and O–H groups in total. The Balaban J connectivity index is 2.75. The summed E-state index contributed by atoms with van der Waals surface area (Å²) in [5.41, 5.74) is 8.13. The lowest BCUT2D eigenvalue weighted by atomic mass is 9.91. The van der Waals surface area contributed by atoms with Gasteiger partial charge in [0.2, 0.25) is 0 Å². The first-order valence-electron chi connectivity index (χ1n) is 5.08. The van der Waals surface area contributed by atoms with Gasteiger partial charge in [0.1, 0.15) is 0 Å². The number of rotatable bonds is 3. The first-order valence-corrected chi connectivity index (χ1v) is 5.08. The molecule has 0 amide bonds. The van der Waals surface area contributed by atoms with Crippen molar-refractivity contribution in [3.63, 3.8) is 0 Å². The summed E-state index contributed by atoms with van der Waals surface area (Å²) in [5.74, 6) is 0. The summed E-state index contributed by atoms with van der Waals surface area (Å²) >= 11 is 0. The van der Waals surface area contributed by atoms with Gasteiger partial charge in [-0.1, -0.05) is 0 Å². The van der Waals surface area contributed by atoms with Gasteiger partial charge in [0.05, 0.1) is 28.6 Å². The lowest BCUT2D eigenvalue weighted by Crippen LogP contribution is -2.14. The molecule has 15 heavy (non-hydrogen) atoms. The van der Waals surface area contributed by atoms with E-state index in [1.165, 1.54) is 0 Å². The molecule has 1 aromatic heterocycles. The third-order valence-electron chi connectivity index (χ3n) is 2.69. The van der Waals surface area contributed by atoms with Gasteiger partial charge >= 0.3 is 0 Å². The van der Waals surface area contributed by atoms with E-state index >= 15 is 0 Å². The largest absolute Gasteiger partial charge is 0.396 e. The van der Waals surface area contributed by atoms with Crippen LogP contribution in [-0.2, 0) is 6.54 Å². The normalized spacial score (nSPS) is 11.4. The summed E-state index contributed by atoms with van der Waals surface area (Å²) < 4.78 is 1.88. The van der Waals surface area contributed by atoms with Crippen molar-refractivity contribution in [2.24, 2.45) is 5.41 Å². The number of nitrogens with zero attached hydrogens (tertiary/aromatic N) is 3.